The summed E-state index contributed by atoms with van der Waals surface area (Å²) in [7, 11) is -3.68. The van der Waals surface area contributed by atoms with Crippen molar-refractivity contribution in [3.63, 3.8) is 0 Å². The molecule has 168 valence electrons. The number of carbonyl (C=O) groups excluding carboxylic acids is 1. The molecule has 0 aliphatic heterocycles. The number of thiazole rings is 1. The van der Waals surface area contributed by atoms with Crippen LogP contribution in [0.2, 0.25) is 0 Å². The van der Waals surface area contributed by atoms with E-state index in [1.54, 1.807) is 0 Å². The van der Waals surface area contributed by atoms with E-state index in [0.717, 1.165) is 47.4 Å². The molecule has 31 heavy (non-hydrogen) atoms. The Hall–Kier alpha value is -2.01. The van der Waals surface area contributed by atoms with Crippen LogP contribution in [0, 0.1) is 10.7 Å². The fourth-order valence-electron chi connectivity index (χ4n) is 4.09. The molecule has 1 unspecified atom stereocenters. The lowest BCUT2D eigenvalue weighted by atomic mass is 9.91. The lowest BCUT2D eigenvalue weighted by Crippen LogP contribution is -2.34. The molecular weight excluding hydrogens is 436 g/mol. The van der Waals surface area contributed by atoms with Gasteiger partial charge in [-0.05, 0) is 67.6 Å². The zero-order valence-corrected chi connectivity index (χ0v) is 19.2. The number of anilines is 1. The van der Waals surface area contributed by atoms with Crippen LogP contribution < -0.4 is 10.0 Å². The molecule has 2 aromatic rings. The van der Waals surface area contributed by atoms with Gasteiger partial charge >= 0.3 is 6.03 Å². The first-order chi connectivity index (χ1) is 14.6. The Morgan fingerprint density at radius 3 is 2.84 bits per heavy atom. The number of nitrogens with one attached hydrogen (secondary N) is 3. The van der Waals surface area contributed by atoms with Crippen molar-refractivity contribution in [2.24, 2.45) is 5.92 Å². The van der Waals surface area contributed by atoms with E-state index in [0.29, 0.717) is 11.8 Å². The average Bonchev–Trinajstić information content (AvgIpc) is 3.23. The second-order valence-electron chi connectivity index (χ2n) is 8.68. The van der Waals surface area contributed by atoms with Gasteiger partial charge in [-0.15, -0.1) is 11.3 Å². The molecule has 1 aromatic heterocycles. The van der Waals surface area contributed by atoms with Crippen molar-refractivity contribution < 1.29 is 19.2 Å². The van der Waals surface area contributed by atoms with Crippen LogP contribution in [0.5, 0.6) is 0 Å². The predicted molar refractivity (Wildman–Crippen MR) is 120 cm³/mol. The van der Waals surface area contributed by atoms with Crippen LogP contribution in [-0.2, 0) is 28.4 Å². The highest BCUT2D eigenvalue weighted by Gasteiger charge is 2.33. The zero-order chi connectivity index (χ0) is 22.4. The molecule has 0 saturated heterocycles. The first kappa shape index (κ1) is 22.2. The minimum atomic E-state index is -3.68. The van der Waals surface area contributed by atoms with Crippen molar-refractivity contribution in [2.45, 2.75) is 61.7 Å². The Morgan fingerprint density at radius 2 is 2.16 bits per heavy atom. The van der Waals surface area contributed by atoms with E-state index in [-0.39, 0.29) is 9.22 Å². The van der Waals surface area contributed by atoms with Crippen molar-refractivity contribution >= 4 is 33.0 Å². The quantitative estimate of drug-likeness (QED) is 0.427. The number of aromatic nitrogens is 1. The standard InChI is InChI=1S/C21H28N4O4S2/c1-12(13-6-7-13)15-9-8-14-4-3-5-16(14)18(15)24-20(27)25-31(22,29)17-10-23-19(30-17)21(2,28)11-26/h8-10,12-13,26,28H,3-7,11H2,1-2H3,(H3,22,24,25,27,29)/t12-,21-,31?/m0/s1. The third-order valence-electron chi connectivity index (χ3n) is 6.15. The first-order valence-electron chi connectivity index (χ1n) is 10.4. The molecule has 8 nitrogen and oxygen atoms in total. The molecule has 0 bridgehead atoms. The summed E-state index contributed by atoms with van der Waals surface area (Å²) in [6, 6.07) is 3.54. The third-order valence-corrected chi connectivity index (χ3v) is 9.29. The number of urea groups is 1. The van der Waals surface area contributed by atoms with Crippen LogP contribution in [0.3, 0.4) is 0 Å². The second kappa shape index (κ2) is 8.16. The fraction of sp³-hybridized carbons (Fsp3) is 0.524. The van der Waals surface area contributed by atoms with Gasteiger partial charge in [-0.1, -0.05) is 19.1 Å². The molecule has 0 spiro atoms. The summed E-state index contributed by atoms with van der Waals surface area (Å²) in [4.78, 5) is 16.8. The summed E-state index contributed by atoms with van der Waals surface area (Å²) in [5, 5.41) is 22.4. The molecule has 2 amide bonds. The number of aliphatic hydroxyl groups excluding tert-OH is 1. The lowest BCUT2D eigenvalue weighted by molar-refractivity contribution is -0.00244. The minimum Gasteiger partial charge on any atom is -0.393 e. The highest BCUT2D eigenvalue weighted by atomic mass is 32.2. The molecule has 1 saturated carbocycles. The van der Waals surface area contributed by atoms with Gasteiger partial charge in [-0.25, -0.2) is 23.5 Å². The molecule has 3 atom stereocenters. The van der Waals surface area contributed by atoms with E-state index >= 15 is 0 Å². The number of benzene rings is 1. The van der Waals surface area contributed by atoms with Crippen molar-refractivity contribution in [2.75, 3.05) is 11.9 Å². The summed E-state index contributed by atoms with van der Waals surface area (Å²) in [5.41, 5.74) is 2.64. The van der Waals surface area contributed by atoms with Crippen LogP contribution >= 0.6 is 11.3 Å². The monoisotopic (exact) mass is 464 g/mol. The second-order valence-corrected chi connectivity index (χ2v) is 11.7. The molecule has 2 aliphatic rings. The third kappa shape index (κ3) is 4.48. The van der Waals surface area contributed by atoms with Gasteiger partial charge in [0.05, 0.1) is 12.8 Å². The lowest BCUT2D eigenvalue weighted by Gasteiger charge is -2.20. The summed E-state index contributed by atoms with van der Waals surface area (Å²) < 4.78 is 23.4. The van der Waals surface area contributed by atoms with Gasteiger partial charge in [0, 0.05) is 5.69 Å². The molecule has 1 heterocycles. The number of hydrogen-bond donors (Lipinski definition) is 5. The van der Waals surface area contributed by atoms with Gasteiger partial charge < -0.3 is 15.5 Å². The number of nitrogens with zero attached hydrogens (tertiary/aromatic N) is 1. The smallest absolute Gasteiger partial charge is 0.331 e. The van der Waals surface area contributed by atoms with Gasteiger partial charge in [0.1, 0.15) is 14.8 Å². The topological polar surface area (TPSA) is 135 Å². The number of amides is 2. The molecular formula is C21H28N4O4S2. The predicted octanol–water partition coefficient (Wildman–Crippen LogP) is 3.49. The average molecular weight is 465 g/mol. The Morgan fingerprint density at radius 1 is 1.42 bits per heavy atom. The maximum Gasteiger partial charge on any atom is 0.331 e. The van der Waals surface area contributed by atoms with Crippen molar-refractivity contribution in [3.05, 3.63) is 40.0 Å². The zero-order valence-electron chi connectivity index (χ0n) is 17.6. The van der Waals surface area contributed by atoms with Crippen molar-refractivity contribution in [1.29, 1.82) is 4.78 Å². The highest BCUT2D eigenvalue weighted by Crippen LogP contribution is 2.46. The maximum atomic E-state index is 12.9. The Balaban J connectivity index is 1.56. The van der Waals surface area contributed by atoms with E-state index in [2.05, 4.69) is 34.1 Å². The molecule has 5 N–H and O–H groups in total. The Kier molecular flexibility index (Phi) is 5.84. The van der Waals surface area contributed by atoms with E-state index in [4.69, 9.17) is 4.78 Å². The van der Waals surface area contributed by atoms with E-state index in [1.165, 1.54) is 31.5 Å². The van der Waals surface area contributed by atoms with E-state index in [1.807, 2.05) is 0 Å². The SMILES string of the molecule is C[C@H](c1ccc2c(c1NC(=O)NS(=N)(=O)c1cnc([C@@](C)(O)CO)s1)CCC2)C1CC1. The molecule has 10 heteroatoms. The van der Waals surface area contributed by atoms with Gasteiger partial charge in [0.25, 0.3) is 0 Å². The normalized spacial score (nSPS) is 20.4. The molecule has 4 rings (SSSR count). The van der Waals surface area contributed by atoms with E-state index in [9.17, 15) is 19.2 Å². The van der Waals surface area contributed by atoms with Gasteiger partial charge in [-0.2, -0.15) is 0 Å². The molecule has 0 radical (unpaired) electrons. The van der Waals surface area contributed by atoms with Crippen LogP contribution in [0.15, 0.2) is 22.5 Å². The number of hydrogen-bond acceptors (Lipinski definition) is 7. The van der Waals surface area contributed by atoms with Crippen LogP contribution in [-0.4, -0.2) is 32.0 Å². The van der Waals surface area contributed by atoms with Crippen LogP contribution in [0.25, 0.3) is 0 Å². The van der Waals surface area contributed by atoms with Crippen molar-refractivity contribution in [1.82, 2.24) is 9.71 Å². The van der Waals surface area contributed by atoms with Crippen molar-refractivity contribution in [3.8, 4) is 0 Å². The minimum absolute atomic E-state index is 0.0104. The molecule has 2 aliphatic carbocycles. The summed E-state index contributed by atoms with van der Waals surface area (Å²) in [5.74, 6) is 0.949. The largest absolute Gasteiger partial charge is 0.393 e. The Labute approximate surface area is 186 Å². The van der Waals surface area contributed by atoms with Crippen LogP contribution in [0.1, 0.15) is 60.7 Å². The number of fused-ring (bicyclic) bond motifs is 1. The summed E-state index contributed by atoms with van der Waals surface area (Å²) >= 11 is 0.833. The van der Waals surface area contributed by atoms with E-state index < -0.39 is 28.2 Å². The van der Waals surface area contributed by atoms with Gasteiger partial charge in [-0.3, -0.25) is 0 Å². The number of carbonyl (C=O) groups is 1. The highest BCUT2D eigenvalue weighted by molar-refractivity contribution is 7.93. The van der Waals surface area contributed by atoms with Gasteiger partial charge in [0.15, 0.2) is 9.92 Å². The Bertz CT molecular complexity index is 1110. The number of aryl methyl sites for hydroxylation is 1. The fourth-order valence-corrected chi connectivity index (χ4v) is 6.22. The van der Waals surface area contributed by atoms with Gasteiger partial charge in [0.2, 0.25) is 0 Å². The molecule has 1 aromatic carbocycles. The summed E-state index contributed by atoms with van der Waals surface area (Å²) in [6.45, 7) is 2.99. The van der Waals surface area contributed by atoms with Crippen LogP contribution in [0.4, 0.5) is 10.5 Å². The number of rotatable bonds is 7. The summed E-state index contributed by atoms with van der Waals surface area (Å²) in [6.07, 6.45) is 6.48. The number of aliphatic hydroxyl groups is 2. The molecule has 1 fully saturated rings. The first-order valence-corrected chi connectivity index (χ1v) is 12.8. The maximum absolute atomic E-state index is 12.9.